The number of benzene rings is 1. The van der Waals surface area contributed by atoms with E-state index in [1.807, 2.05) is 29.8 Å². The summed E-state index contributed by atoms with van der Waals surface area (Å²) in [7, 11) is 0. The average Bonchev–Trinajstić information content (AvgIpc) is 2.91. The summed E-state index contributed by atoms with van der Waals surface area (Å²) in [6.45, 7) is 8.83. The van der Waals surface area contributed by atoms with E-state index in [9.17, 15) is 0 Å². The average molecular weight is 275 g/mol. The minimum atomic E-state index is -0.147. The zero-order valence-electron chi connectivity index (χ0n) is 12.4. The predicted octanol–water partition coefficient (Wildman–Crippen LogP) is 2.47. The van der Waals surface area contributed by atoms with Crippen molar-refractivity contribution in [2.75, 3.05) is 12.3 Å². The standard InChI is InChI=1S/C14H21N5O/c1-5-14(3,4)19-13(16-17-18-19)10-7-8-12(20-6-2)11(15)9-10/h7-9H,5-6,15H2,1-4H3. The minimum absolute atomic E-state index is 0.147. The minimum Gasteiger partial charge on any atom is -0.492 e. The van der Waals surface area contributed by atoms with E-state index in [2.05, 4.69) is 36.3 Å². The number of nitrogens with two attached hydrogens (primary N) is 1. The quantitative estimate of drug-likeness (QED) is 0.848. The third-order valence-electron chi connectivity index (χ3n) is 3.48. The Labute approximate surface area is 118 Å². The van der Waals surface area contributed by atoms with Crippen molar-refractivity contribution in [3.63, 3.8) is 0 Å². The van der Waals surface area contributed by atoms with Crippen LogP contribution in [0.5, 0.6) is 5.75 Å². The molecule has 0 amide bonds. The van der Waals surface area contributed by atoms with Crippen molar-refractivity contribution in [1.82, 2.24) is 20.2 Å². The molecule has 0 saturated carbocycles. The summed E-state index contributed by atoms with van der Waals surface area (Å²) in [6.07, 6.45) is 0.928. The first-order valence-corrected chi connectivity index (χ1v) is 6.81. The van der Waals surface area contributed by atoms with E-state index in [-0.39, 0.29) is 5.54 Å². The first-order chi connectivity index (χ1) is 9.49. The van der Waals surface area contributed by atoms with Gasteiger partial charge in [0, 0.05) is 5.56 Å². The molecule has 1 aromatic heterocycles. The summed E-state index contributed by atoms with van der Waals surface area (Å²) >= 11 is 0. The second-order valence-corrected chi connectivity index (χ2v) is 5.27. The predicted molar refractivity (Wildman–Crippen MR) is 78.4 cm³/mol. The van der Waals surface area contributed by atoms with Crippen LogP contribution in [-0.4, -0.2) is 26.8 Å². The van der Waals surface area contributed by atoms with E-state index in [1.165, 1.54) is 0 Å². The zero-order chi connectivity index (χ0) is 14.8. The van der Waals surface area contributed by atoms with E-state index in [0.717, 1.165) is 12.0 Å². The fraction of sp³-hybridized carbons (Fsp3) is 0.500. The first kappa shape index (κ1) is 14.3. The number of anilines is 1. The molecule has 0 fully saturated rings. The molecule has 6 nitrogen and oxygen atoms in total. The SMILES string of the molecule is CCOc1ccc(-c2nnnn2C(C)(C)CC)cc1N. The van der Waals surface area contributed by atoms with Crippen LogP contribution in [0.2, 0.25) is 0 Å². The van der Waals surface area contributed by atoms with Crippen LogP contribution < -0.4 is 10.5 Å². The van der Waals surface area contributed by atoms with Gasteiger partial charge in [0.25, 0.3) is 0 Å². The zero-order valence-corrected chi connectivity index (χ0v) is 12.4. The number of rotatable bonds is 5. The lowest BCUT2D eigenvalue weighted by molar-refractivity contribution is 0.304. The summed E-state index contributed by atoms with van der Waals surface area (Å²) in [4.78, 5) is 0. The highest BCUT2D eigenvalue weighted by molar-refractivity contribution is 5.66. The third-order valence-corrected chi connectivity index (χ3v) is 3.48. The molecule has 0 aliphatic heterocycles. The van der Waals surface area contributed by atoms with E-state index >= 15 is 0 Å². The van der Waals surface area contributed by atoms with Gasteiger partial charge in [0.15, 0.2) is 5.82 Å². The molecular weight excluding hydrogens is 254 g/mol. The molecule has 0 unspecified atom stereocenters. The monoisotopic (exact) mass is 275 g/mol. The van der Waals surface area contributed by atoms with E-state index in [0.29, 0.717) is 23.9 Å². The van der Waals surface area contributed by atoms with Crippen molar-refractivity contribution in [1.29, 1.82) is 0 Å². The van der Waals surface area contributed by atoms with Crippen LogP contribution in [0.4, 0.5) is 5.69 Å². The first-order valence-electron chi connectivity index (χ1n) is 6.81. The molecule has 1 heterocycles. The maximum absolute atomic E-state index is 6.00. The number of tetrazole rings is 1. The van der Waals surface area contributed by atoms with Crippen LogP contribution in [0.25, 0.3) is 11.4 Å². The molecule has 0 atom stereocenters. The summed E-state index contributed by atoms with van der Waals surface area (Å²) in [5.74, 6) is 1.40. The van der Waals surface area contributed by atoms with Crippen LogP contribution in [0, 0.1) is 0 Å². The topological polar surface area (TPSA) is 78.9 Å². The Hall–Kier alpha value is -2.11. The molecule has 108 valence electrons. The highest BCUT2D eigenvalue weighted by atomic mass is 16.5. The van der Waals surface area contributed by atoms with Crippen molar-refractivity contribution < 1.29 is 4.74 Å². The van der Waals surface area contributed by atoms with Gasteiger partial charge in [0.1, 0.15) is 5.75 Å². The van der Waals surface area contributed by atoms with Gasteiger partial charge in [-0.05, 0) is 55.8 Å². The molecular formula is C14H21N5O. The van der Waals surface area contributed by atoms with Crippen LogP contribution in [0.15, 0.2) is 18.2 Å². The molecule has 20 heavy (non-hydrogen) atoms. The van der Waals surface area contributed by atoms with E-state index < -0.39 is 0 Å². The molecule has 1 aromatic carbocycles. The fourth-order valence-corrected chi connectivity index (χ4v) is 1.90. The van der Waals surface area contributed by atoms with Crippen LogP contribution in [0.3, 0.4) is 0 Å². The molecule has 6 heteroatoms. The third kappa shape index (κ3) is 2.59. The van der Waals surface area contributed by atoms with Gasteiger partial charge in [-0.2, -0.15) is 0 Å². The van der Waals surface area contributed by atoms with Gasteiger partial charge in [-0.3, -0.25) is 0 Å². The maximum atomic E-state index is 6.00. The van der Waals surface area contributed by atoms with Crippen LogP contribution in [-0.2, 0) is 5.54 Å². The van der Waals surface area contributed by atoms with Crippen molar-refractivity contribution in [2.45, 2.75) is 39.7 Å². The molecule has 2 rings (SSSR count). The normalized spacial score (nSPS) is 11.6. The molecule has 2 aromatic rings. The Morgan fingerprint density at radius 3 is 2.65 bits per heavy atom. The van der Waals surface area contributed by atoms with Gasteiger partial charge in [0.05, 0.1) is 17.8 Å². The van der Waals surface area contributed by atoms with Crippen molar-refractivity contribution >= 4 is 5.69 Å². The van der Waals surface area contributed by atoms with Gasteiger partial charge in [-0.1, -0.05) is 6.92 Å². The van der Waals surface area contributed by atoms with Gasteiger partial charge in [-0.25, -0.2) is 4.68 Å². The lowest BCUT2D eigenvalue weighted by Crippen LogP contribution is -2.27. The van der Waals surface area contributed by atoms with Gasteiger partial charge in [-0.15, -0.1) is 5.10 Å². The Bertz CT molecular complexity index is 591. The van der Waals surface area contributed by atoms with Gasteiger partial charge < -0.3 is 10.5 Å². The van der Waals surface area contributed by atoms with Crippen LogP contribution in [0.1, 0.15) is 34.1 Å². The summed E-state index contributed by atoms with van der Waals surface area (Å²) < 4.78 is 7.28. The molecule has 0 radical (unpaired) electrons. The van der Waals surface area contributed by atoms with Crippen LogP contribution >= 0.6 is 0 Å². The van der Waals surface area contributed by atoms with Crippen molar-refractivity contribution in [3.8, 4) is 17.1 Å². The van der Waals surface area contributed by atoms with E-state index in [4.69, 9.17) is 10.5 Å². The lowest BCUT2D eigenvalue weighted by Gasteiger charge is -2.24. The number of ether oxygens (including phenoxy) is 1. The molecule has 0 saturated heterocycles. The fourth-order valence-electron chi connectivity index (χ4n) is 1.90. The smallest absolute Gasteiger partial charge is 0.182 e. The second-order valence-electron chi connectivity index (χ2n) is 5.27. The van der Waals surface area contributed by atoms with E-state index in [1.54, 1.807) is 0 Å². The lowest BCUT2D eigenvalue weighted by atomic mass is 10.0. The van der Waals surface area contributed by atoms with Crippen molar-refractivity contribution in [2.24, 2.45) is 0 Å². The molecule has 0 aliphatic carbocycles. The Morgan fingerprint density at radius 2 is 2.05 bits per heavy atom. The number of hydrogen-bond acceptors (Lipinski definition) is 5. The Kier molecular flexibility index (Phi) is 3.92. The number of nitrogens with zero attached hydrogens (tertiary/aromatic N) is 4. The van der Waals surface area contributed by atoms with Gasteiger partial charge in [0.2, 0.25) is 0 Å². The van der Waals surface area contributed by atoms with Crippen molar-refractivity contribution in [3.05, 3.63) is 18.2 Å². The Morgan fingerprint density at radius 1 is 1.30 bits per heavy atom. The summed E-state index contributed by atoms with van der Waals surface area (Å²) in [5, 5.41) is 12.0. The summed E-state index contributed by atoms with van der Waals surface area (Å²) in [5.41, 5.74) is 7.33. The number of nitrogen functional groups attached to an aromatic ring is 1. The molecule has 2 N–H and O–H groups in total. The molecule has 0 spiro atoms. The molecule has 0 aliphatic rings. The number of hydrogen-bond donors (Lipinski definition) is 1. The molecule has 0 bridgehead atoms. The largest absolute Gasteiger partial charge is 0.492 e. The maximum Gasteiger partial charge on any atom is 0.182 e. The summed E-state index contributed by atoms with van der Waals surface area (Å²) in [6, 6.07) is 5.63. The highest BCUT2D eigenvalue weighted by Crippen LogP contribution is 2.30. The number of aromatic nitrogens is 4. The second kappa shape index (κ2) is 5.48. The Balaban J connectivity index is 2.43. The van der Waals surface area contributed by atoms with Gasteiger partial charge >= 0.3 is 0 Å². The highest BCUT2D eigenvalue weighted by Gasteiger charge is 2.24.